The van der Waals surface area contributed by atoms with Crippen molar-refractivity contribution in [1.82, 2.24) is 4.90 Å². The van der Waals surface area contributed by atoms with Crippen molar-refractivity contribution in [3.8, 4) is 5.75 Å². The van der Waals surface area contributed by atoms with Gasteiger partial charge in [-0.1, -0.05) is 18.2 Å². The van der Waals surface area contributed by atoms with Gasteiger partial charge in [0.05, 0.1) is 12.3 Å². The Morgan fingerprint density at radius 1 is 1.03 bits per heavy atom. The fourth-order valence-corrected chi connectivity index (χ4v) is 5.32. The first kappa shape index (κ1) is 21.9. The average Bonchev–Trinajstić information content (AvgIpc) is 3.29. The predicted octanol–water partition coefficient (Wildman–Crippen LogP) is 4.24. The second-order valence-corrected chi connectivity index (χ2v) is 9.84. The smallest absolute Gasteiger partial charge is 0.273 e. The van der Waals surface area contributed by atoms with Crippen molar-refractivity contribution in [2.75, 3.05) is 25.0 Å². The lowest BCUT2D eigenvalue weighted by molar-refractivity contribution is 0.0785. The number of ether oxygens (including phenoxy) is 1. The van der Waals surface area contributed by atoms with Crippen molar-refractivity contribution in [2.24, 2.45) is 0 Å². The van der Waals surface area contributed by atoms with Crippen molar-refractivity contribution in [3.63, 3.8) is 0 Å². The quantitative estimate of drug-likeness (QED) is 0.521. The maximum Gasteiger partial charge on any atom is 0.273 e. The maximum atomic E-state index is 12.8. The van der Waals surface area contributed by atoms with Crippen LogP contribution in [-0.4, -0.2) is 39.9 Å². The highest BCUT2D eigenvalue weighted by molar-refractivity contribution is 7.94. The summed E-state index contributed by atoms with van der Waals surface area (Å²) >= 11 is 1.17. The third kappa shape index (κ3) is 4.83. The molecule has 0 saturated carbocycles. The lowest BCUT2D eigenvalue weighted by Crippen LogP contribution is -2.27. The average molecular weight is 445 g/mol. The highest BCUT2D eigenvalue weighted by atomic mass is 32.2. The number of benzene rings is 2. The van der Waals surface area contributed by atoms with E-state index in [2.05, 4.69) is 0 Å². The van der Waals surface area contributed by atoms with Crippen molar-refractivity contribution in [1.29, 1.82) is 0 Å². The predicted molar refractivity (Wildman–Crippen MR) is 120 cm³/mol. The minimum absolute atomic E-state index is 0.146. The number of rotatable bonds is 8. The summed E-state index contributed by atoms with van der Waals surface area (Å²) in [6.07, 6.45) is 0. The van der Waals surface area contributed by atoms with Crippen molar-refractivity contribution < 1.29 is 17.9 Å². The van der Waals surface area contributed by atoms with Crippen LogP contribution in [0, 0.1) is 0 Å². The number of sulfonamides is 1. The van der Waals surface area contributed by atoms with E-state index in [-0.39, 0.29) is 10.1 Å². The first-order chi connectivity index (χ1) is 14.3. The van der Waals surface area contributed by atoms with E-state index in [9.17, 15) is 13.2 Å². The first-order valence-electron chi connectivity index (χ1n) is 9.42. The molecule has 1 aromatic heterocycles. The summed E-state index contributed by atoms with van der Waals surface area (Å²) in [6, 6.07) is 17.5. The van der Waals surface area contributed by atoms with Crippen molar-refractivity contribution in [2.45, 2.75) is 17.7 Å². The molecule has 0 bridgehead atoms. The van der Waals surface area contributed by atoms with E-state index < -0.39 is 10.0 Å². The van der Waals surface area contributed by atoms with Gasteiger partial charge in [-0.05, 0) is 60.3 Å². The van der Waals surface area contributed by atoms with E-state index >= 15 is 0 Å². The summed E-state index contributed by atoms with van der Waals surface area (Å²) in [5.74, 6) is 0.627. The summed E-state index contributed by atoms with van der Waals surface area (Å²) in [6.45, 7) is 2.95. The normalized spacial score (nSPS) is 11.2. The van der Waals surface area contributed by atoms with Gasteiger partial charge >= 0.3 is 0 Å². The van der Waals surface area contributed by atoms with Crippen LogP contribution in [0.5, 0.6) is 5.75 Å². The van der Waals surface area contributed by atoms with Gasteiger partial charge in [0.2, 0.25) is 0 Å². The molecule has 1 heterocycles. The molecule has 3 aromatic rings. The van der Waals surface area contributed by atoms with Crippen LogP contribution in [0.25, 0.3) is 0 Å². The van der Waals surface area contributed by atoms with Gasteiger partial charge in [0.25, 0.3) is 15.9 Å². The van der Waals surface area contributed by atoms with Crippen LogP contribution < -0.4 is 9.04 Å². The molecule has 0 aliphatic carbocycles. The maximum absolute atomic E-state index is 12.8. The Morgan fingerprint density at radius 2 is 1.77 bits per heavy atom. The third-order valence-electron chi connectivity index (χ3n) is 4.56. The van der Waals surface area contributed by atoms with Crippen LogP contribution in [0.3, 0.4) is 0 Å². The molecule has 8 heteroatoms. The van der Waals surface area contributed by atoms with Gasteiger partial charge in [0, 0.05) is 26.2 Å². The van der Waals surface area contributed by atoms with Gasteiger partial charge in [-0.3, -0.25) is 9.10 Å². The van der Waals surface area contributed by atoms with Crippen LogP contribution in [0.15, 0.2) is 70.3 Å². The lowest BCUT2D eigenvalue weighted by Gasteiger charge is -2.20. The summed E-state index contributed by atoms with van der Waals surface area (Å²) in [7, 11) is -0.367. The molecule has 0 saturated heterocycles. The van der Waals surface area contributed by atoms with Crippen LogP contribution >= 0.6 is 11.3 Å². The largest absolute Gasteiger partial charge is 0.494 e. The Morgan fingerprint density at radius 3 is 2.40 bits per heavy atom. The van der Waals surface area contributed by atoms with Crippen molar-refractivity contribution >= 4 is 33.0 Å². The Hall–Kier alpha value is -2.84. The second-order valence-electron chi connectivity index (χ2n) is 6.69. The van der Waals surface area contributed by atoms with Gasteiger partial charge in [-0.25, -0.2) is 8.42 Å². The molecule has 30 heavy (non-hydrogen) atoms. The molecule has 0 radical (unpaired) electrons. The zero-order valence-electron chi connectivity index (χ0n) is 17.1. The van der Waals surface area contributed by atoms with E-state index in [1.165, 1.54) is 22.7 Å². The zero-order chi connectivity index (χ0) is 21.7. The fraction of sp³-hybridized carbons (Fsp3) is 0.227. The van der Waals surface area contributed by atoms with Crippen molar-refractivity contribution in [3.05, 3.63) is 77.2 Å². The van der Waals surface area contributed by atoms with Crippen LogP contribution in [-0.2, 0) is 16.6 Å². The topological polar surface area (TPSA) is 66.9 Å². The van der Waals surface area contributed by atoms with E-state index in [0.717, 1.165) is 11.3 Å². The molecule has 0 aliphatic heterocycles. The van der Waals surface area contributed by atoms with Crippen LogP contribution in [0.4, 0.5) is 5.69 Å². The molecule has 1 amide bonds. The molecule has 0 unspecified atom stereocenters. The molecule has 6 nitrogen and oxygen atoms in total. The molecule has 0 N–H and O–H groups in total. The number of nitrogens with zero attached hydrogens (tertiary/aromatic N) is 2. The highest BCUT2D eigenvalue weighted by Crippen LogP contribution is 2.25. The van der Waals surface area contributed by atoms with Crippen LogP contribution in [0.2, 0.25) is 0 Å². The number of amides is 1. The van der Waals surface area contributed by atoms with E-state index in [4.69, 9.17) is 4.74 Å². The Balaban J connectivity index is 1.71. The molecular formula is C22H24N2O4S2. The standard InChI is InChI=1S/C22H24N2O4S2/c1-4-28-20-8-5-7-17(15-20)16-23(2)22(25)18-10-12-19(13-11-18)24(3)30(26,27)21-9-6-14-29-21/h5-15H,4,16H2,1-3H3. The molecular weight excluding hydrogens is 420 g/mol. The molecule has 0 fully saturated rings. The Bertz CT molecular complexity index is 1090. The Labute approximate surface area is 181 Å². The number of anilines is 1. The molecule has 0 atom stereocenters. The van der Waals surface area contributed by atoms with Gasteiger partial charge < -0.3 is 9.64 Å². The van der Waals surface area contributed by atoms with Gasteiger partial charge in [0.1, 0.15) is 9.96 Å². The molecule has 0 aliphatic rings. The van der Waals surface area contributed by atoms with Gasteiger partial charge in [0.15, 0.2) is 0 Å². The van der Waals surface area contributed by atoms with E-state index in [1.807, 2.05) is 31.2 Å². The number of carbonyl (C=O) groups is 1. The van der Waals surface area contributed by atoms with E-state index in [0.29, 0.717) is 24.4 Å². The number of carbonyl (C=O) groups excluding carboxylic acids is 1. The van der Waals surface area contributed by atoms with Gasteiger partial charge in [-0.2, -0.15) is 0 Å². The summed E-state index contributed by atoms with van der Waals surface area (Å²) < 4.78 is 32.3. The zero-order valence-corrected chi connectivity index (χ0v) is 18.7. The Kier molecular flexibility index (Phi) is 6.79. The SMILES string of the molecule is CCOc1cccc(CN(C)C(=O)c2ccc(N(C)S(=O)(=O)c3cccs3)cc2)c1. The number of hydrogen-bond acceptors (Lipinski definition) is 5. The molecule has 158 valence electrons. The highest BCUT2D eigenvalue weighted by Gasteiger charge is 2.22. The summed E-state index contributed by atoms with van der Waals surface area (Å²) in [4.78, 5) is 14.4. The monoisotopic (exact) mass is 444 g/mol. The van der Waals surface area contributed by atoms with E-state index in [1.54, 1.807) is 53.7 Å². The molecule has 0 spiro atoms. The molecule has 3 rings (SSSR count). The second kappa shape index (κ2) is 9.32. The number of thiophene rings is 1. The molecule has 2 aromatic carbocycles. The van der Waals surface area contributed by atoms with Crippen LogP contribution in [0.1, 0.15) is 22.8 Å². The minimum Gasteiger partial charge on any atom is -0.494 e. The minimum atomic E-state index is -3.60. The van der Waals surface area contributed by atoms with Gasteiger partial charge in [-0.15, -0.1) is 11.3 Å². The lowest BCUT2D eigenvalue weighted by atomic mass is 10.1. The number of hydrogen-bond donors (Lipinski definition) is 0. The summed E-state index contributed by atoms with van der Waals surface area (Å²) in [5, 5.41) is 1.72. The fourth-order valence-electron chi connectivity index (χ4n) is 2.96. The third-order valence-corrected chi connectivity index (χ3v) is 7.72. The first-order valence-corrected chi connectivity index (χ1v) is 11.7. The summed E-state index contributed by atoms with van der Waals surface area (Å²) in [5.41, 5.74) is 1.95.